The van der Waals surface area contributed by atoms with Crippen molar-refractivity contribution in [1.82, 2.24) is 14.5 Å². The van der Waals surface area contributed by atoms with Gasteiger partial charge in [-0.15, -0.1) is 0 Å². The van der Waals surface area contributed by atoms with Gasteiger partial charge in [-0.1, -0.05) is 49.4 Å². The van der Waals surface area contributed by atoms with Gasteiger partial charge in [-0.25, -0.2) is 4.98 Å². The van der Waals surface area contributed by atoms with Gasteiger partial charge in [-0.3, -0.25) is 14.2 Å². The molecule has 39 heavy (non-hydrogen) atoms. The van der Waals surface area contributed by atoms with E-state index < -0.39 is 6.04 Å². The minimum absolute atomic E-state index is 0.0301. The predicted octanol–water partition coefficient (Wildman–Crippen LogP) is 5.73. The van der Waals surface area contributed by atoms with Gasteiger partial charge in [-0.05, 0) is 68.1 Å². The molecule has 0 fully saturated rings. The first kappa shape index (κ1) is 28.0. The first-order valence-electron chi connectivity index (χ1n) is 13.6. The summed E-state index contributed by atoms with van der Waals surface area (Å²) in [6.07, 6.45) is 2.30. The van der Waals surface area contributed by atoms with Crippen LogP contribution in [0.4, 0.5) is 0 Å². The van der Waals surface area contributed by atoms with Crippen LogP contribution in [0.15, 0.2) is 83.7 Å². The van der Waals surface area contributed by atoms with Crippen LogP contribution in [0.25, 0.3) is 16.6 Å². The van der Waals surface area contributed by atoms with Crippen LogP contribution < -0.4 is 10.3 Å². The summed E-state index contributed by atoms with van der Waals surface area (Å²) in [6, 6.07) is 24.4. The second kappa shape index (κ2) is 13.7. The third kappa shape index (κ3) is 6.73. The van der Waals surface area contributed by atoms with Gasteiger partial charge >= 0.3 is 0 Å². The van der Waals surface area contributed by atoms with Gasteiger partial charge in [-0.2, -0.15) is 0 Å². The molecule has 0 aliphatic carbocycles. The van der Waals surface area contributed by atoms with Crippen molar-refractivity contribution >= 4 is 16.8 Å². The van der Waals surface area contributed by atoms with Crippen molar-refractivity contribution in [2.75, 3.05) is 26.9 Å². The standard InChI is InChI=1S/C32H37N3O4/c1-4-29(34(22-11-23-38-3)30(36)21-16-24-12-7-6-8-13-24)31-33-28-15-10-9-14-27(28)32(37)35(31)25-17-19-26(20-18-25)39-5-2/h6-10,12-15,17-20,29H,4-5,11,16,21-23H2,1-3H3. The molecule has 0 spiro atoms. The smallest absolute Gasteiger partial charge is 0.266 e. The number of aromatic nitrogens is 2. The molecule has 0 saturated carbocycles. The first-order chi connectivity index (χ1) is 19.1. The molecule has 7 heteroatoms. The Hall–Kier alpha value is -3.97. The quantitative estimate of drug-likeness (QED) is 0.208. The van der Waals surface area contributed by atoms with Crippen molar-refractivity contribution in [3.63, 3.8) is 0 Å². The molecule has 0 aliphatic heterocycles. The molecule has 1 unspecified atom stereocenters. The minimum Gasteiger partial charge on any atom is -0.494 e. The Balaban J connectivity index is 1.79. The fourth-order valence-electron chi connectivity index (χ4n) is 4.90. The lowest BCUT2D eigenvalue weighted by Gasteiger charge is -2.32. The molecule has 1 atom stereocenters. The maximum atomic E-state index is 13.9. The second-order valence-electron chi connectivity index (χ2n) is 9.40. The number of para-hydroxylation sites is 1. The number of hydrogen-bond donors (Lipinski definition) is 0. The topological polar surface area (TPSA) is 73.7 Å². The summed E-state index contributed by atoms with van der Waals surface area (Å²) in [7, 11) is 1.66. The number of amides is 1. The molecule has 3 aromatic carbocycles. The van der Waals surface area contributed by atoms with Crippen molar-refractivity contribution in [3.05, 3.63) is 101 Å². The molecule has 0 N–H and O–H groups in total. The lowest BCUT2D eigenvalue weighted by molar-refractivity contribution is -0.134. The molecule has 1 amide bonds. The van der Waals surface area contributed by atoms with Crippen molar-refractivity contribution in [3.8, 4) is 11.4 Å². The highest BCUT2D eigenvalue weighted by atomic mass is 16.5. The van der Waals surface area contributed by atoms with Crippen molar-refractivity contribution in [2.24, 2.45) is 0 Å². The highest BCUT2D eigenvalue weighted by Gasteiger charge is 2.28. The van der Waals surface area contributed by atoms with Crippen LogP contribution in [0.1, 0.15) is 50.5 Å². The molecule has 204 valence electrons. The molecule has 0 radical (unpaired) electrons. The minimum atomic E-state index is -0.394. The lowest BCUT2D eigenvalue weighted by Crippen LogP contribution is -2.39. The van der Waals surface area contributed by atoms with E-state index in [0.29, 0.717) is 67.9 Å². The van der Waals surface area contributed by atoms with E-state index in [2.05, 4.69) is 0 Å². The lowest BCUT2D eigenvalue weighted by atomic mass is 10.1. The van der Waals surface area contributed by atoms with Crippen LogP contribution in [-0.2, 0) is 16.0 Å². The largest absolute Gasteiger partial charge is 0.494 e. The molecule has 0 aliphatic rings. The molecule has 7 nitrogen and oxygen atoms in total. The van der Waals surface area contributed by atoms with Crippen LogP contribution in [-0.4, -0.2) is 47.2 Å². The zero-order valence-electron chi connectivity index (χ0n) is 23.0. The number of benzene rings is 3. The number of fused-ring (bicyclic) bond motifs is 1. The van der Waals surface area contributed by atoms with Crippen LogP contribution in [0.3, 0.4) is 0 Å². The highest BCUT2D eigenvalue weighted by Crippen LogP contribution is 2.28. The number of ether oxygens (including phenoxy) is 2. The normalized spacial score (nSPS) is 11.9. The van der Waals surface area contributed by atoms with Gasteiger partial charge < -0.3 is 14.4 Å². The molecular weight excluding hydrogens is 490 g/mol. The van der Waals surface area contributed by atoms with Gasteiger partial charge in [0.25, 0.3) is 5.56 Å². The average molecular weight is 528 g/mol. The summed E-state index contributed by atoms with van der Waals surface area (Å²) in [5, 5.41) is 0.534. The van der Waals surface area contributed by atoms with E-state index in [4.69, 9.17) is 14.5 Å². The van der Waals surface area contributed by atoms with Crippen LogP contribution >= 0.6 is 0 Å². The number of rotatable bonds is 13. The number of carbonyl (C=O) groups excluding carboxylic acids is 1. The number of hydrogen-bond acceptors (Lipinski definition) is 5. The monoisotopic (exact) mass is 527 g/mol. The summed E-state index contributed by atoms with van der Waals surface area (Å²) in [4.78, 5) is 34.5. The number of methoxy groups -OCH3 is 1. The number of aryl methyl sites for hydroxylation is 1. The summed E-state index contributed by atoms with van der Waals surface area (Å²) < 4.78 is 12.6. The van der Waals surface area contributed by atoms with Gasteiger partial charge in [0.15, 0.2) is 0 Å². The van der Waals surface area contributed by atoms with Crippen LogP contribution in [0.2, 0.25) is 0 Å². The summed E-state index contributed by atoms with van der Waals surface area (Å²) in [5.74, 6) is 1.31. The first-order valence-corrected chi connectivity index (χ1v) is 13.6. The Bertz CT molecular complexity index is 1420. The van der Waals surface area contributed by atoms with Crippen molar-refractivity contribution in [2.45, 2.75) is 45.6 Å². The Kier molecular flexibility index (Phi) is 9.86. The predicted molar refractivity (Wildman–Crippen MR) is 155 cm³/mol. The van der Waals surface area contributed by atoms with E-state index in [0.717, 1.165) is 11.3 Å². The number of carbonyl (C=O) groups is 1. The third-order valence-electron chi connectivity index (χ3n) is 6.81. The molecule has 4 aromatic rings. The zero-order chi connectivity index (χ0) is 27.6. The van der Waals surface area contributed by atoms with E-state index in [1.54, 1.807) is 17.7 Å². The zero-order valence-corrected chi connectivity index (χ0v) is 23.0. The van der Waals surface area contributed by atoms with Crippen LogP contribution in [0, 0.1) is 0 Å². The van der Waals surface area contributed by atoms with E-state index in [1.807, 2.05) is 91.5 Å². The Morgan fingerprint density at radius 1 is 0.974 bits per heavy atom. The Morgan fingerprint density at radius 3 is 2.38 bits per heavy atom. The van der Waals surface area contributed by atoms with Gasteiger partial charge in [0.1, 0.15) is 11.6 Å². The highest BCUT2D eigenvalue weighted by molar-refractivity contribution is 5.79. The fraction of sp³-hybridized carbons (Fsp3) is 0.344. The van der Waals surface area contributed by atoms with Crippen molar-refractivity contribution in [1.29, 1.82) is 0 Å². The Morgan fingerprint density at radius 2 is 1.69 bits per heavy atom. The third-order valence-corrected chi connectivity index (χ3v) is 6.81. The van der Waals surface area contributed by atoms with Gasteiger partial charge in [0.2, 0.25) is 5.91 Å². The van der Waals surface area contributed by atoms with E-state index in [9.17, 15) is 9.59 Å². The second-order valence-corrected chi connectivity index (χ2v) is 9.40. The SMILES string of the molecule is CCOc1ccc(-n2c(C(CC)N(CCCOC)C(=O)CCc3ccccc3)nc3ccccc3c2=O)cc1. The van der Waals surface area contributed by atoms with Gasteiger partial charge in [0.05, 0.1) is 29.2 Å². The molecule has 1 heterocycles. The number of nitrogens with zero attached hydrogens (tertiary/aromatic N) is 3. The summed E-state index contributed by atoms with van der Waals surface area (Å²) in [6.45, 7) is 5.56. The molecular formula is C32H37N3O4. The summed E-state index contributed by atoms with van der Waals surface area (Å²) >= 11 is 0. The molecule has 1 aromatic heterocycles. The van der Waals surface area contributed by atoms with E-state index in [-0.39, 0.29) is 11.5 Å². The summed E-state index contributed by atoms with van der Waals surface area (Å²) in [5.41, 5.74) is 2.26. The maximum Gasteiger partial charge on any atom is 0.266 e. The molecule has 0 bridgehead atoms. The molecule has 4 rings (SSSR count). The maximum absolute atomic E-state index is 13.9. The Labute approximate surface area is 230 Å². The average Bonchev–Trinajstić information content (AvgIpc) is 2.97. The van der Waals surface area contributed by atoms with Crippen molar-refractivity contribution < 1.29 is 14.3 Å². The molecule has 0 saturated heterocycles. The van der Waals surface area contributed by atoms with E-state index >= 15 is 0 Å². The fourth-order valence-corrected chi connectivity index (χ4v) is 4.90. The van der Waals surface area contributed by atoms with Gasteiger partial charge in [0, 0.05) is 26.7 Å². The van der Waals surface area contributed by atoms with Crippen LogP contribution in [0.5, 0.6) is 5.75 Å². The van der Waals surface area contributed by atoms with E-state index in [1.165, 1.54) is 0 Å².